The van der Waals surface area contributed by atoms with Gasteiger partial charge in [0.25, 0.3) is 0 Å². The zero-order valence-corrected chi connectivity index (χ0v) is 11.0. The van der Waals surface area contributed by atoms with E-state index in [1.165, 1.54) is 5.56 Å². The Labute approximate surface area is 103 Å². The van der Waals surface area contributed by atoms with Crippen LogP contribution in [0.1, 0.15) is 25.0 Å². The van der Waals surface area contributed by atoms with Crippen molar-refractivity contribution < 1.29 is 4.79 Å². The van der Waals surface area contributed by atoms with Gasteiger partial charge >= 0.3 is 0 Å². The highest BCUT2D eigenvalue weighted by Gasteiger charge is 2.36. The van der Waals surface area contributed by atoms with E-state index in [1.54, 1.807) is 0 Å². The van der Waals surface area contributed by atoms with Crippen molar-refractivity contribution in [3.63, 3.8) is 0 Å². The number of aryl methyl sites for hydroxylation is 2. The molecule has 17 heavy (non-hydrogen) atoms. The Bertz CT molecular complexity index is 452. The van der Waals surface area contributed by atoms with Gasteiger partial charge in [0.15, 0.2) is 0 Å². The van der Waals surface area contributed by atoms with Crippen molar-refractivity contribution in [2.24, 2.45) is 0 Å². The van der Waals surface area contributed by atoms with E-state index in [9.17, 15) is 4.79 Å². The highest BCUT2D eigenvalue weighted by atomic mass is 16.2. The van der Waals surface area contributed by atoms with Crippen LogP contribution in [0.5, 0.6) is 0 Å². The molecule has 1 heterocycles. The molecule has 0 aliphatic carbocycles. The lowest BCUT2D eigenvalue weighted by Gasteiger charge is -2.43. The zero-order valence-electron chi connectivity index (χ0n) is 11.0. The summed E-state index contributed by atoms with van der Waals surface area (Å²) in [6, 6.07) is 6.24. The molecule has 0 radical (unpaired) electrons. The molecule has 0 saturated carbocycles. The molecule has 1 amide bonds. The number of piperazine rings is 1. The SMILES string of the molecule is Cc1ccc(N2C(=O)CNCC2(C)C)c(C)c1. The van der Waals surface area contributed by atoms with Gasteiger partial charge in [0.1, 0.15) is 0 Å². The van der Waals surface area contributed by atoms with Gasteiger partial charge in [-0.2, -0.15) is 0 Å². The number of nitrogens with one attached hydrogen (secondary N) is 1. The van der Waals surface area contributed by atoms with Gasteiger partial charge in [-0.25, -0.2) is 0 Å². The van der Waals surface area contributed by atoms with Crippen LogP contribution in [0.2, 0.25) is 0 Å². The molecule has 1 aromatic carbocycles. The average molecular weight is 232 g/mol. The molecule has 3 heteroatoms. The average Bonchev–Trinajstić information content (AvgIpc) is 2.20. The molecular formula is C14H20N2O. The predicted molar refractivity (Wildman–Crippen MR) is 70.4 cm³/mol. The van der Waals surface area contributed by atoms with Crippen molar-refractivity contribution in [3.8, 4) is 0 Å². The molecule has 0 atom stereocenters. The second-order valence-electron chi connectivity index (χ2n) is 5.44. The number of hydrogen-bond acceptors (Lipinski definition) is 2. The van der Waals surface area contributed by atoms with Gasteiger partial charge in [0.05, 0.1) is 12.1 Å². The van der Waals surface area contributed by atoms with E-state index in [0.29, 0.717) is 6.54 Å². The van der Waals surface area contributed by atoms with Crippen molar-refractivity contribution in [3.05, 3.63) is 29.3 Å². The minimum atomic E-state index is -0.171. The van der Waals surface area contributed by atoms with Gasteiger partial charge in [0.2, 0.25) is 5.91 Å². The van der Waals surface area contributed by atoms with Crippen molar-refractivity contribution in [2.75, 3.05) is 18.0 Å². The number of hydrogen-bond donors (Lipinski definition) is 1. The van der Waals surface area contributed by atoms with Crippen LogP contribution in [0.15, 0.2) is 18.2 Å². The monoisotopic (exact) mass is 232 g/mol. The first-order valence-electron chi connectivity index (χ1n) is 6.03. The number of rotatable bonds is 1. The number of amides is 1. The Balaban J connectivity index is 2.46. The van der Waals surface area contributed by atoms with Crippen LogP contribution < -0.4 is 10.2 Å². The first kappa shape index (κ1) is 12.1. The quantitative estimate of drug-likeness (QED) is 0.803. The van der Waals surface area contributed by atoms with Crippen molar-refractivity contribution in [1.82, 2.24) is 5.32 Å². The van der Waals surface area contributed by atoms with E-state index in [4.69, 9.17) is 0 Å². The molecule has 1 fully saturated rings. The summed E-state index contributed by atoms with van der Waals surface area (Å²) in [5.74, 6) is 0.146. The largest absolute Gasteiger partial charge is 0.306 e. The van der Waals surface area contributed by atoms with E-state index in [0.717, 1.165) is 17.8 Å². The van der Waals surface area contributed by atoms with Crippen LogP contribution in [0, 0.1) is 13.8 Å². The fourth-order valence-corrected chi connectivity index (χ4v) is 2.49. The molecule has 2 rings (SSSR count). The smallest absolute Gasteiger partial charge is 0.241 e. The van der Waals surface area contributed by atoms with E-state index >= 15 is 0 Å². The topological polar surface area (TPSA) is 32.3 Å². The van der Waals surface area contributed by atoms with Crippen molar-refractivity contribution in [1.29, 1.82) is 0 Å². The number of nitrogens with zero attached hydrogens (tertiary/aromatic N) is 1. The number of carbonyl (C=O) groups excluding carboxylic acids is 1. The van der Waals surface area contributed by atoms with Gasteiger partial charge < -0.3 is 10.2 Å². The molecule has 1 aliphatic heterocycles. The molecule has 3 nitrogen and oxygen atoms in total. The molecular weight excluding hydrogens is 212 g/mol. The molecule has 1 aliphatic rings. The minimum absolute atomic E-state index is 0.146. The summed E-state index contributed by atoms with van der Waals surface area (Å²) in [6.07, 6.45) is 0. The van der Waals surface area contributed by atoms with Crippen LogP contribution in [0.25, 0.3) is 0 Å². The summed E-state index contributed by atoms with van der Waals surface area (Å²) in [5, 5.41) is 3.16. The second kappa shape index (κ2) is 4.15. The third kappa shape index (κ3) is 2.20. The normalized spacial score (nSPS) is 19.5. The molecule has 1 aromatic rings. The highest BCUT2D eigenvalue weighted by molar-refractivity contribution is 5.97. The van der Waals surface area contributed by atoms with Gasteiger partial charge in [-0.1, -0.05) is 17.7 Å². The zero-order chi connectivity index (χ0) is 12.6. The summed E-state index contributed by atoms with van der Waals surface area (Å²) in [4.78, 5) is 14.0. The summed E-state index contributed by atoms with van der Waals surface area (Å²) < 4.78 is 0. The van der Waals surface area contributed by atoms with E-state index < -0.39 is 0 Å². The Hall–Kier alpha value is -1.35. The van der Waals surface area contributed by atoms with Crippen LogP contribution in [0.3, 0.4) is 0 Å². The molecule has 1 saturated heterocycles. The summed E-state index contributed by atoms with van der Waals surface area (Å²) in [7, 11) is 0. The first-order chi connectivity index (χ1) is 7.92. The van der Waals surface area contributed by atoms with Crippen LogP contribution in [-0.4, -0.2) is 24.5 Å². The molecule has 0 bridgehead atoms. The number of anilines is 1. The summed E-state index contributed by atoms with van der Waals surface area (Å²) in [5.41, 5.74) is 3.25. The van der Waals surface area contributed by atoms with Crippen LogP contribution >= 0.6 is 0 Å². The van der Waals surface area contributed by atoms with Gasteiger partial charge in [-0.05, 0) is 39.3 Å². The van der Waals surface area contributed by atoms with Crippen LogP contribution in [-0.2, 0) is 4.79 Å². The fourth-order valence-electron chi connectivity index (χ4n) is 2.49. The molecule has 0 aromatic heterocycles. The fraction of sp³-hybridized carbons (Fsp3) is 0.500. The predicted octanol–water partition coefficient (Wildman–Crippen LogP) is 2.02. The Morgan fingerprint density at radius 3 is 2.59 bits per heavy atom. The van der Waals surface area contributed by atoms with E-state index in [2.05, 4.69) is 51.2 Å². The maximum Gasteiger partial charge on any atom is 0.241 e. The van der Waals surface area contributed by atoms with Gasteiger partial charge in [-0.3, -0.25) is 4.79 Å². The maximum atomic E-state index is 12.1. The maximum absolute atomic E-state index is 12.1. The summed E-state index contributed by atoms with van der Waals surface area (Å²) in [6.45, 7) is 9.57. The number of benzene rings is 1. The molecule has 92 valence electrons. The van der Waals surface area contributed by atoms with Gasteiger partial charge in [-0.15, -0.1) is 0 Å². The lowest BCUT2D eigenvalue weighted by molar-refractivity contribution is -0.120. The number of carbonyl (C=O) groups is 1. The van der Waals surface area contributed by atoms with Gasteiger partial charge in [0, 0.05) is 12.2 Å². The third-order valence-electron chi connectivity index (χ3n) is 3.28. The first-order valence-corrected chi connectivity index (χ1v) is 6.03. The second-order valence-corrected chi connectivity index (χ2v) is 5.44. The Morgan fingerprint density at radius 2 is 2.00 bits per heavy atom. The Morgan fingerprint density at radius 1 is 1.29 bits per heavy atom. The molecule has 0 unspecified atom stereocenters. The highest BCUT2D eigenvalue weighted by Crippen LogP contribution is 2.29. The van der Waals surface area contributed by atoms with E-state index in [-0.39, 0.29) is 11.4 Å². The van der Waals surface area contributed by atoms with Crippen LogP contribution in [0.4, 0.5) is 5.69 Å². The molecule has 0 spiro atoms. The lowest BCUT2D eigenvalue weighted by Crippen LogP contribution is -2.61. The van der Waals surface area contributed by atoms with E-state index in [1.807, 2.05) is 4.90 Å². The minimum Gasteiger partial charge on any atom is -0.306 e. The summed E-state index contributed by atoms with van der Waals surface area (Å²) >= 11 is 0. The van der Waals surface area contributed by atoms with Crippen molar-refractivity contribution in [2.45, 2.75) is 33.2 Å². The standard InChI is InChI=1S/C14H20N2O/c1-10-5-6-12(11(2)7-10)16-13(17)8-15-9-14(16,3)4/h5-7,15H,8-9H2,1-4H3. The van der Waals surface area contributed by atoms with Crippen molar-refractivity contribution >= 4 is 11.6 Å². The lowest BCUT2D eigenvalue weighted by atomic mass is 9.97. The Kier molecular flexibility index (Phi) is 2.96. The molecule has 1 N–H and O–H groups in total. The third-order valence-corrected chi connectivity index (χ3v) is 3.28.